The summed E-state index contributed by atoms with van der Waals surface area (Å²) in [6, 6.07) is 9.10. The molecular formula is C14H13N5O. The highest BCUT2D eigenvalue weighted by Crippen LogP contribution is 2.03. The van der Waals surface area contributed by atoms with Crippen molar-refractivity contribution in [2.24, 2.45) is 0 Å². The summed E-state index contributed by atoms with van der Waals surface area (Å²) < 4.78 is 1.92. The van der Waals surface area contributed by atoms with Crippen LogP contribution in [0.25, 0.3) is 5.65 Å². The predicted molar refractivity (Wildman–Crippen MR) is 73.3 cm³/mol. The first-order valence-corrected chi connectivity index (χ1v) is 6.31. The van der Waals surface area contributed by atoms with Crippen molar-refractivity contribution >= 4 is 11.6 Å². The zero-order valence-electron chi connectivity index (χ0n) is 10.7. The van der Waals surface area contributed by atoms with E-state index in [0.717, 1.165) is 11.5 Å². The molecule has 0 bridgehead atoms. The number of pyridine rings is 2. The second kappa shape index (κ2) is 5.48. The van der Waals surface area contributed by atoms with E-state index in [0.29, 0.717) is 18.5 Å². The van der Waals surface area contributed by atoms with Crippen molar-refractivity contribution < 1.29 is 4.79 Å². The minimum atomic E-state index is -0.110. The average molecular weight is 267 g/mol. The fourth-order valence-corrected chi connectivity index (χ4v) is 1.95. The fraction of sp³-hybridized carbons (Fsp3) is 0.143. The van der Waals surface area contributed by atoms with Gasteiger partial charge >= 0.3 is 0 Å². The molecule has 0 unspecified atom stereocenters. The molecule has 3 aromatic rings. The van der Waals surface area contributed by atoms with E-state index in [2.05, 4.69) is 20.5 Å². The highest BCUT2D eigenvalue weighted by atomic mass is 16.1. The Morgan fingerprint density at radius 1 is 1.15 bits per heavy atom. The van der Waals surface area contributed by atoms with Gasteiger partial charge in [-0.25, -0.2) is 0 Å². The van der Waals surface area contributed by atoms with Crippen LogP contribution in [0.1, 0.15) is 16.2 Å². The number of carbonyl (C=O) groups is 1. The molecule has 0 aliphatic rings. The van der Waals surface area contributed by atoms with Gasteiger partial charge in [0.25, 0.3) is 5.91 Å². The van der Waals surface area contributed by atoms with Crippen molar-refractivity contribution in [3.8, 4) is 0 Å². The maximum Gasteiger partial charge on any atom is 0.251 e. The third-order valence-corrected chi connectivity index (χ3v) is 2.96. The van der Waals surface area contributed by atoms with Crippen LogP contribution in [-0.4, -0.2) is 32.0 Å². The van der Waals surface area contributed by atoms with Crippen molar-refractivity contribution in [3.63, 3.8) is 0 Å². The van der Waals surface area contributed by atoms with Gasteiger partial charge in [0.15, 0.2) is 5.65 Å². The summed E-state index contributed by atoms with van der Waals surface area (Å²) in [6.07, 6.45) is 5.74. The molecule has 0 spiro atoms. The Balaban J connectivity index is 1.62. The van der Waals surface area contributed by atoms with Crippen LogP contribution in [0.5, 0.6) is 0 Å². The van der Waals surface area contributed by atoms with E-state index in [4.69, 9.17) is 0 Å². The highest BCUT2D eigenvalue weighted by molar-refractivity contribution is 5.93. The molecular weight excluding hydrogens is 254 g/mol. The SMILES string of the molecule is O=C(NCCc1nnc2ccccn12)c1ccncc1. The minimum absolute atomic E-state index is 0.110. The van der Waals surface area contributed by atoms with E-state index in [1.165, 1.54) is 0 Å². The molecule has 6 heteroatoms. The van der Waals surface area contributed by atoms with Gasteiger partial charge < -0.3 is 5.32 Å². The van der Waals surface area contributed by atoms with Gasteiger partial charge in [-0.2, -0.15) is 0 Å². The van der Waals surface area contributed by atoms with Gasteiger partial charge in [0.05, 0.1) is 0 Å². The molecule has 0 radical (unpaired) electrons. The smallest absolute Gasteiger partial charge is 0.251 e. The van der Waals surface area contributed by atoms with Crippen molar-refractivity contribution in [1.29, 1.82) is 0 Å². The molecule has 0 saturated heterocycles. The summed E-state index contributed by atoms with van der Waals surface area (Å²) in [5.41, 5.74) is 1.41. The van der Waals surface area contributed by atoms with Crippen molar-refractivity contribution in [1.82, 2.24) is 24.9 Å². The molecule has 0 fully saturated rings. The molecule has 0 aliphatic heterocycles. The number of fused-ring (bicyclic) bond motifs is 1. The third-order valence-electron chi connectivity index (χ3n) is 2.96. The molecule has 0 atom stereocenters. The van der Waals surface area contributed by atoms with E-state index >= 15 is 0 Å². The number of hydrogen-bond donors (Lipinski definition) is 1. The number of hydrogen-bond acceptors (Lipinski definition) is 4. The maximum absolute atomic E-state index is 11.9. The van der Waals surface area contributed by atoms with Crippen molar-refractivity contribution in [2.75, 3.05) is 6.54 Å². The lowest BCUT2D eigenvalue weighted by molar-refractivity contribution is 0.0954. The van der Waals surface area contributed by atoms with Gasteiger partial charge in [0.2, 0.25) is 0 Å². The Bertz CT molecular complexity index is 723. The van der Waals surface area contributed by atoms with E-state index < -0.39 is 0 Å². The highest BCUT2D eigenvalue weighted by Gasteiger charge is 2.07. The molecule has 1 N–H and O–H groups in total. The summed E-state index contributed by atoms with van der Waals surface area (Å²) in [6.45, 7) is 0.511. The van der Waals surface area contributed by atoms with Crippen molar-refractivity contribution in [2.45, 2.75) is 6.42 Å². The summed E-state index contributed by atoms with van der Waals surface area (Å²) in [5.74, 6) is 0.719. The number of carbonyl (C=O) groups excluding carboxylic acids is 1. The van der Waals surface area contributed by atoms with Crippen LogP contribution in [0.15, 0.2) is 48.9 Å². The Kier molecular flexibility index (Phi) is 3.36. The topological polar surface area (TPSA) is 72.2 Å². The second-order valence-corrected chi connectivity index (χ2v) is 4.29. The molecule has 6 nitrogen and oxygen atoms in total. The number of rotatable bonds is 4. The number of amides is 1. The zero-order valence-corrected chi connectivity index (χ0v) is 10.7. The first-order valence-electron chi connectivity index (χ1n) is 6.31. The zero-order chi connectivity index (χ0) is 13.8. The molecule has 0 aliphatic carbocycles. The van der Waals surface area contributed by atoms with Crippen LogP contribution in [0, 0.1) is 0 Å². The lowest BCUT2D eigenvalue weighted by Crippen LogP contribution is -2.26. The number of nitrogens with one attached hydrogen (secondary N) is 1. The van der Waals surface area contributed by atoms with E-state index in [-0.39, 0.29) is 5.91 Å². The van der Waals surface area contributed by atoms with Crippen LogP contribution in [0.3, 0.4) is 0 Å². The average Bonchev–Trinajstić information content (AvgIpc) is 2.92. The molecule has 0 saturated carbocycles. The maximum atomic E-state index is 11.9. The van der Waals surface area contributed by atoms with E-state index in [1.54, 1.807) is 24.5 Å². The Labute approximate surface area is 115 Å². The van der Waals surface area contributed by atoms with Gasteiger partial charge in [-0.15, -0.1) is 10.2 Å². The summed E-state index contributed by atoms with van der Waals surface area (Å²) in [4.78, 5) is 15.7. The Morgan fingerprint density at radius 2 is 2.00 bits per heavy atom. The normalized spacial score (nSPS) is 10.6. The molecule has 0 aromatic carbocycles. The molecule has 100 valence electrons. The third kappa shape index (κ3) is 2.49. The van der Waals surface area contributed by atoms with E-state index in [9.17, 15) is 4.79 Å². The molecule has 1 amide bonds. The van der Waals surface area contributed by atoms with Crippen LogP contribution < -0.4 is 5.32 Å². The molecule has 20 heavy (non-hydrogen) atoms. The number of aromatic nitrogens is 4. The predicted octanol–water partition coefficient (Wildman–Crippen LogP) is 1.10. The van der Waals surface area contributed by atoms with E-state index in [1.807, 2.05) is 28.8 Å². The molecule has 3 rings (SSSR count). The Morgan fingerprint density at radius 3 is 2.85 bits per heavy atom. The van der Waals surface area contributed by atoms with Crippen LogP contribution in [0.2, 0.25) is 0 Å². The summed E-state index contributed by atoms with van der Waals surface area (Å²) in [7, 11) is 0. The summed E-state index contributed by atoms with van der Waals surface area (Å²) >= 11 is 0. The minimum Gasteiger partial charge on any atom is -0.352 e. The largest absolute Gasteiger partial charge is 0.352 e. The first kappa shape index (κ1) is 12.3. The van der Waals surface area contributed by atoms with Gasteiger partial charge in [0.1, 0.15) is 5.82 Å². The standard InChI is InChI=1S/C14H13N5O/c20-14(11-4-7-15-8-5-11)16-9-6-13-18-17-12-3-1-2-10-19(12)13/h1-5,7-8,10H,6,9H2,(H,16,20). The van der Waals surface area contributed by atoms with Gasteiger partial charge in [0, 0.05) is 37.1 Å². The quantitative estimate of drug-likeness (QED) is 0.768. The van der Waals surface area contributed by atoms with Gasteiger partial charge in [-0.1, -0.05) is 6.07 Å². The monoisotopic (exact) mass is 267 g/mol. The second-order valence-electron chi connectivity index (χ2n) is 4.29. The lowest BCUT2D eigenvalue weighted by atomic mass is 10.2. The van der Waals surface area contributed by atoms with Gasteiger partial charge in [-0.3, -0.25) is 14.2 Å². The van der Waals surface area contributed by atoms with Crippen LogP contribution in [-0.2, 0) is 6.42 Å². The molecule has 3 aromatic heterocycles. The van der Waals surface area contributed by atoms with Crippen molar-refractivity contribution in [3.05, 3.63) is 60.3 Å². The Hall–Kier alpha value is -2.76. The fourth-order valence-electron chi connectivity index (χ4n) is 1.95. The summed E-state index contributed by atoms with van der Waals surface area (Å²) in [5, 5.41) is 11.0. The first-order chi connectivity index (χ1) is 9.84. The van der Waals surface area contributed by atoms with Crippen LogP contribution >= 0.6 is 0 Å². The lowest BCUT2D eigenvalue weighted by Gasteiger charge is -2.04. The van der Waals surface area contributed by atoms with Crippen LogP contribution in [0.4, 0.5) is 0 Å². The molecule has 3 heterocycles. The van der Waals surface area contributed by atoms with Gasteiger partial charge in [-0.05, 0) is 24.3 Å². The number of nitrogens with zero attached hydrogens (tertiary/aromatic N) is 4.